The van der Waals surface area contributed by atoms with Gasteiger partial charge in [-0.2, -0.15) is 13.5 Å². The van der Waals surface area contributed by atoms with Crippen LogP contribution in [0, 0.1) is 0 Å². The molecule has 0 fully saturated rings. The topological polar surface area (TPSA) is 114 Å². The summed E-state index contributed by atoms with van der Waals surface area (Å²) < 4.78 is 43.9. The van der Waals surface area contributed by atoms with E-state index in [1.807, 2.05) is 30.3 Å². The van der Waals surface area contributed by atoms with E-state index in [0.29, 0.717) is 16.7 Å². The second-order valence-electron chi connectivity index (χ2n) is 6.72. The molecule has 8 nitrogen and oxygen atoms in total. The zero-order valence-corrected chi connectivity index (χ0v) is 18.3. The van der Waals surface area contributed by atoms with Crippen molar-refractivity contribution in [3.05, 3.63) is 77.9 Å². The quantitative estimate of drug-likeness (QED) is 0.307. The number of carbonyl (C=O) groups excluding carboxylic acids is 1. The van der Waals surface area contributed by atoms with E-state index in [1.165, 1.54) is 26.5 Å². The van der Waals surface area contributed by atoms with Crippen LogP contribution in [0.15, 0.2) is 76.7 Å². The summed E-state index contributed by atoms with van der Waals surface area (Å²) in [4.78, 5) is 11.7. The number of rotatable bonds is 8. The normalized spacial score (nSPS) is 11.3. The molecule has 0 aromatic heterocycles. The van der Waals surface area contributed by atoms with Crippen LogP contribution in [0.4, 0.5) is 0 Å². The van der Waals surface area contributed by atoms with Crippen LogP contribution in [0.5, 0.6) is 11.5 Å². The lowest BCUT2D eigenvalue weighted by Crippen LogP contribution is -2.19. The molecule has 0 atom stereocenters. The van der Waals surface area contributed by atoms with E-state index in [9.17, 15) is 17.8 Å². The van der Waals surface area contributed by atoms with Gasteiger partial charge >= 0.3 is 0 Å². The first kappa shape index (κ1) is 23.0. The van der Waals surface area contributed by atoms with Gasteiger partial charge in [0.2, 0.25) is 5.91 Å². The van der Waals surface area contributed by atoms with Crippen molar-refractivity contribution in [2.24, 2.45) is 5.10 Å². The second kappa shape index (κ2) is 10.1. The third kappa shape index (κ3) is 5.51. The van der Waals surface area contributed by atoms with Crippen molar-refractivity contribution in [2.75, 3.05) is 14.2 Å². The number of methoxy groups -OCH3 is 2. The molecular weight excluding hydrogens is 432 g/mol. The molecule has 0 spiro atoms. The van der Waals surface area contributed by atoms with Gasteiger partial charge in [-0.15, -0.1) is 0 Å². The average Bonchev–Trinajstić information content (AvgIpc) is 2.78. The molecule has 0 aliphatic rings. The van der Waals surface area contributed by atoms with Gasteiger partial charge in [0.25, 0.3) is 10.1 Å². The highest BCUT2D eigenvalue weighted by Gasteiger charge is 2.23. The summed E-state index contributed by atoms with van der Waals surface area (Å²) in [6.45, 7) is 0. The molecule has 0 aliphatic heterocycles. The van der Waals surface area contributed by atoms with Gasteiger partial charge < -0.3 is 9.47 Å². The van der Waals surface area contributed by atoms with Crippen LogP contribution < -0.4 is 14.9 Å². The monoisotopic (exact) mass is 454 g/mol. The molecule has 0 bridgehead atoms. The zero-order chi connectivity index (χ0) is 23.1. The number of carbonyl (C=O) groups is 1. The zero-order valence-electron chi connectivity index (χ0n) is 17.5. The maximum atomic E-state index is 12.1. The van der Waals surface area contributed by atoms with E-state index in [4.69, 9.17) is 9.47 Å². The molecule has 0 radical (unpaired) electrons. The number of nitrogens with one attached hydrogen (secondary N) is 1. The van der Waals surface area contributed by atoms with Gasteiger partial charge in [0.05, 0.1) is 26.9 Å². The van der Waals surface area contributed by atoms with Crippen LogP contribution in [-0.2, 0) is 21.3 Å². The smallest absolute Gasteiger partial charge is 0.298 e. The number of hydrazone groups is 1. The summed E-state index contributed by atoms with van der Waals surface area (Å²) in [7, 11) is -1.89. The first-order chi connectivity index (χ1) is 15.3. The van der Waals surface area contributed by atoms with Gasteiger partial charge in [-0.05, 0) is 17.2 Å². The number of benzene rings is 3. The first-order valence-corrected chi connectivity index (χ1v) is 11.0. The Morgan fingerprint density at radius 3 is 2.34 bits per heavy atom. The van der Waals surface area contributed by atoms with E-state index in [-0.39, 0.29) is 23.8 Å². The van der Waals surface area contributed by atoms with Gasteiger partial charge in [0, 0.05) is 17.2 Å². The minimum atomic E-state index is -4.58. The number of amides is 1. The van der Waals surface area contributed by atoms with Gasteiger partial charge in [-0.1, -0.05) is 54.6 Å². The molecule has 0 aliphatic carbocycles. The fourth-order valence-corrected chi connectivity index (χ4v) is 3.84. The van der Waals surface area contributed by atoms with E-state index in [1.54, 1.807) is 30.3 Å². The highest BCUT2D eigenvalue weighted by molar-refractivity contribution is 7.86. The number of ether oxygens (including phenoxy) is 2. The average molecular weight is 455 g/mol. The highest BCUT2D eigenvalue weighted by Crippen LogP contribution is 2.40. The van der Waals surface area contributed by atoms with E-state index in [0.717, 1.165) is 5.56 Å². The third-order valence-electron chi connectivity index (χ3n) is 4.60. The van der Waals surface area contributed by atoms with Crippen molar-refractivity contribution in [1.29, 1.82) is 0 Å². The Balaban J connectivity index is 1.94. The second-order valence-corrected chi connectivity index (χ2v) is 8.11. The molecule has 0 heterocycles. The van der Waals surface area contributed by atoms with Gasteiger partial charge in [0.1, 0.15) is 16.4 Å². The molecule has 0 unspecified atom stereocenters. The lowest BCUT2D eigenvalue weighted by molar-refractivity contribution is -0.120. The van der Waals surface area contributed by atoms with Gasteiger partial charge in [-0.25, -0.2) is 5.43 Å². The number of nitrogens with zero attached hydrogens (tertiary/aromatic N) is 1. The number of hydrogen-bond acceptors (Lipinski definition) is 6. The van der Waals surface area contributed by atoms with Crippen LogP contribution in [0.3, 0.4) is 0 Å². The third-order valence-corrected chi connectivity index (χ3v) is 5.46. The predicted octanol–water partition coefficient (Wildman–Crippen LogP) is 3.31. The lowest BCUT2D eigenvalue weighted by Gasteiger charge is -2.15. The molecule has 2 N–H and O–H groups in total. The molecule has 3 aromatic carbocycles. The maximum absolute atomic E-state index is 12.1. The standard InChI is InChI=1S/C23H22N2O6S/c1-30-18-13-20(23(31-2)21(14-18)32(27,28)29)19-11-7-6-10-17(19)15-24-25-22(26)12-16-8-4-3-5-9-16/h3-11,13-15H,12H2,1-2H3,(H,25,26)(H,27,28,29). The molecule has 166 valence electrons. The minimum absolute atomic E-state index is 0.0396. The van der Waals surface area contributed by atoms with E-state index >= 15 is 0 Å². The predicted molar refractivity (Wildman–Crippen MR) is 121 cm³/mol. The van der Waals surface area contributed by atoms with E-state index < -0.39 is 15.0 Å². The Hall–Kier alpha value is -3.69. The molecule has 9 heteroatoms. The summed E-state index contributed by atoms with van der Waals surface area (Å²) in [6, 6.07) is 19.0. The molecule has 3 rings (SSSR count). The molecule has 0 saturated heterocycles. The lowest BCUT2D eigenvalue weighted by atomic mass is 9.99. The molecule has 32 heavy (non-hydrogen) atoms. The van der Waals surface area contributed by atoms with Crippen LogP contribution in [0.25, 0.3) is 11.1 Å². The SMILES string of the molecule is COc1cc(-c2ccccc2C=NNC(=O)Cc2ccccc2)c(OC)c(S(=O)(=O)O)c1. The summed E-state index contributed by atoms with van der Waals surface area (Å²) in [5, 5.41) is 4.03. The summed E-state index contributed by atoms with van der Waals surface area (Å²) in [5.74, 6) is -0.101. The Bertz CT molecular complexity index is 1240. The van der Waals surface area contributed by atoms with Crippen molar-refractivity contribution < 1.29 is 27.2 Å². The number of hydrogen-bond donors (Lipinski definition) is 2. The van der Waals surface area contributed by atoms with Crippen LogP contribution in [0.1, 0.15) is 11.1 Å². The van der Waals surface area contributed by atoms with Crippen molar-refractivity contribution >= 4 is 22.2 Å². The fourth-order valence-electron chi connectivity index (χ4n) is 3.15. The van der Waals surface area contributed by atoms with Crippen molar-refractivity contribution in [3.63, 3.8) is 0 Å². The van der Waals surface area contributed by atoms with Crippen LogP contribution in [0.2, 0.25) is 0 Å². The van der Waals surface area contributed by atoms with E-state index in [2.05, 4.69) is 10.5 Å². The van der Waals surface area contributed by atoms with Crippen LogP contribution in [-0.4, -0.2) is 39.3 Å². The summed E-state index contributed by atoms with van der Waals surface area (Å²) in [5.41, 5.74) is 4.86. The maximum Gasteiger partial charge on any atom is 0.298 e. The van der Waals surface area contributed by atoms with Gasteiger partial charge in [-0.3, -0.25) is 9.35 Å². The fraction of sp³-hybridized carbons (Fsp3) is 0.130. The van der Waals surface area contributed by atoms with Crippen molar-refractivity contribution in [2.45, 2.75) is 11.3 Å². The Kier molecular flexibility index (Phi) is 7.24. The van der Waals surface area contributed by atoms with Crippen LogP contribution >= 0.6 is 0 Å². The Morgan fingerprint density at radius 2 is 1.69 bits per heavy atom. The molecule has 3 aromatic rings. The molecule has 0 saturated carbocycles. The molecular formula is C23H22N2O6S. The summed E-state index contributed by atoms with van der Waals surface area (Å²) >= 11 is 0. The minimum Gasteiger partial charge on any atom is -0.497 e. The molecule has 1 amide bonds. The Labute approximate surface area is 186 Å². The van der Waals surface area contributed by atoms with Gasteiger partial charge in [0.15, 0.2) is 0 Å². The summed E-state index contributed by atoms with van der Waals surface area (Å²) in [6.07, 6.45) is 1.63. The van der Waals surface area contributed by atoms with Crippen molar-refractivity contribution in [3.8, 4) is 22.6 Å². The highest BCUT2D eigenvalue weighted by atomic mass is 32.2. The Morgan fingerprint density at radius 1 is 1.00 bits per heavy atom. The first-order valence-electron chi connectivity index (χ1n) is 9.52. The van der Waals surface area contributed by atoms with Crippen molar-refractivity contribution in [1.82, 2.24) is 5.43 Å². The largest absolute Gasteiger partial charge is 0.497 e.